The Hall–Kier alpha value is -1.29. The van der Waals surface area contributed by atoms with Crippen LogP contribution in [0.25, 0.3) is 0 Å². The highest BCUT2D eigenvalue weighted by atomic mass is 16.3. The topological polar surface area (TPSA) is 62.4 Å². The van der Waals surface area contributed by atoms with Crippen LogP contribution in [-0.4, -0.2) is 29.8 Å². The molecular formula is C10H17N3O. The fourth-order valence-electron chi connectivity index (χ4n) is 1.38. The minimum Gasteiger partial charge on any atom is -0.396 e. The molecule has 0 bridgehead atoms. The second kappa shape index (κ2) is 4.81. The summed E-state index contributed by atoms with van der Waals surface area (Å²) in [7, 11) is 0. The van der Waals surface area contributed by atoms with Gasteiger partial charge in [0.05, 0.1) is 12.3 Å². The van der Waals surface area contributed by atoms with Gasteiger partial charge in [-0.25, -0.2) is 4.98 Å². The first-order valence-electron chi connectivity index (χ1n) is 4.77. The molecular weight excluding hydrogens is 178 g/mol. The van der Waals surface area contributed by atoms with E-state index in [-0.39, 0.29) is 6.61 Å². The summed E-state index contributed by atoms with van der Waals surface area (Å²) in [5.74, 6) is 0.757. The van der Waals surface area contributed by atoms with Crippen molar-refractivity contribution in [2.24, 2.45) is 0 Å². The number of nitrogens with zero attached hydrogens (tertiary/aromatic N) is 2. The van der Waals surface area contributed by atoms with Gasteiger partial charge >= 0.3 is 0 Å². The lowest BCUT2D eigenvalue weighted by atomic mass is 10.2. The zero-order valence-electron chi connectivity index (χ0n) is 8.70. The molecule has 4 nitrogen and oxygen atoms in total. The number of nitrogen functional groups attached to an aromatic ring is 1. The highest BCUT2D eigenvalue weighted by molar-refractivity contribution is 5.63. The van der Waals surface area contributed by atoms with Crippen LogP contribution in [0.2, 0.25) is 0 Å². The van der Waals surface area contributed by atoms with E-state index < -0.39 is 0 Å². The molecule has 0 radical (unpaired) electrons. The summed E-state index contributed by atoms with van der Waals surface area (Å²) in [6.45, 7) is 5.44. The van der Waals surface area contributed by atoms with Crippen LogP contribution in [0.15, 0.2) is 12.3 Å². The summed E-state index contributed by atoms with van der Waals surface area (Å²) >= 11 is 0. The van der Waals surface area contributed by atoms with Crippen LogP contribution in [-0.2, 0) is 0 Å². The maximum absolute atomic E-state index is 8.86. The van der Waals surface area contributed by atoms with Crippen LogP contribution >= 0.6 is 0 Å². The van der Waals surface area contributed by atoms with Gasteiger partial charge in [0.2, 0.25) is 0 Å². The Morgan fingerprint density at radius 1 is 1.57 bits per heavy atom. The van der Waals surface area contributed by atoms with Crippen LogP contribution in [0.5, 0.6) is 0 Å². The Balaban J connectivity index is 2.92. The lowest BCUT2D eigenvalue weighted by Gasteiger charge is -2.22. The fourth-order valence-corrected chi connectivity index (χ4v) is 1.38. The van der Waals surface area contributed by atoms with Gasteiger partial charge in [-0.1, -0.05) is 0 Å². The van der Waals surface area contributed by atoms with Crippen LogP contribution in [0.3, 0.4) is 0 Å². The zero-order chi connectivity index (χ0) is 10.6. The molecule has 78 valence electrons. The summed E-state index contributed by atoms with van der Waals surface area (Å²) in [5, 5.41) is 8.86. The summed E-state index contributed by atoms with van der Waals surface area (Å²) in [5.41, 5.74) is 7.56. The number of nitrogens with two attached hydrogens (primary N) is 1. The summed E-state index contributed by atoms with van der Waals surface area (Å²) in [4.78, 5) is 6.21. The maximum atomic E-state index is 8.86. The van der Waals surface area contributed by atoms with E-state index >= 15 is 0 Å². The largest absolute Gasteiger partial charge is 0.396 e. The molecule has 0 saturated carbocycles. The van der Waals surface area contributed by atoms with Crippen molar-refractivity contribution in [1.82, 2.24) is 4.98 Å². The first-order chi connectivity index (χ1) is 6.69. The molecule has 14 heavy (non-hydrogen) atoms. The molecule has 0 saturated heterocycles. The van der Waals surface area contributed by atoms with Gasteiger partial charge in [-0.3, -0.25) is 0 Å². The fraction of sp³-hybridized carbons (Fsp3) is 0.500. The second-order valence-electron chi connectivity index (χ2n) is 3.23. The molecule has 1 rings (SSSR count). The highest BCUT2D eigenvalue weighted by Crippen LogP contribution is 2.20. The number of likely N-dealkylation sites (N-methyl/N-ethyl adjacent to an activating group) is 1. The van der Waals surface area contributed by atoms with Gasteiger partial charge in [-0.2, -0.15) is 0 Å². The number of aryl methyl sites for hydroxylation is 1. The minimum atomic E-state index is 0.114. The molecule has 0 aliphatic carbocycles. The van der Waals surface area contributed by atoms with E-state index in [0.717, 1.165) is 17.9 Å². The number of aromatic nitrogens is 1. The number of rotatable bonds is 4. The van der Waals surface area contributed by atoms with E-state index in [4.69, 9.17) is 10.8 Å². The number of pyridine rings is 1. The molecule has 1 aromatic rings. The predicted octanol–water partition coefficient (Wildman–Crippen LogP) is 0.791. The first-order valence-corrected chi connectivity index (χ1v) is 4.77. The van der Waals surface area contributed by atoms with E-state index in [0.29, 0.717) is 12.2 Å². The monoisotopic (exact) mass is 195 g/mol. The van der Waals surface area contributed by atoms with Crippen LogP contribution in [0, 0.1) is 6.92 Å². The molecule has 1 heterocycles. The van der Waals surface area contributed by atoms with Gasteiger partial charge in [-0.15, -0.1) is 0 Å². The maximum Gasteiger partial charge on any atom is 0.151 e. The van der Waals surface area contributed by atoms with Crippen molar-refractivity contribution in [2.75, 3.05) is 30.3 Å². The summed E-state index contributed by atoms with van der Waals surface area (Å²) in [6.07, 6.45) is 1.78. The average molecular weight is 195 g/mol. The number of hydrogen-bond acceptors (Lipinski definition) is 4. The Kier molecular flexibility index (Phi) is 3.71. The van der Waals surface area contributed by atoms with Gasteiger partial charge < -0.3 is 15.7 Å². The standard InChI is InChI=1S/C10H17N3O/c1-3-13(4-5-14)10-9(11)6-8(2)7-12-10/h6-7,14H,3-5,11H2,1-2H3. The molecule has 1 aromatic heterocycles. The van der Waals surface area contributed by atoms with Crippen LogP contribution in [0.1, 0.15) is 12.5 Å². The van der Waals surface area contributed by atoms with E-state index in [1.54, 1.807) is 6.20 Å². The normalized spacial score (nSPS) is 10.2. The Morgan fingerprint density at radius 2 is 2.29 bits per heavy atom. The Morgan fingerprint density at radius 3 is 2.79 bits per heavy atom. The molecule has 0 atom stereocenters. The van der Waals surface area contributed by atoms with Gasteiger partial charge in [0.15, 0.2) is 5.82 Å². The number of hydrogen-bond donors (Lipinski definition) is 2. The summed E-state index contributed by atoms with van der Waals surface area (Å²) in [6, 6.07) is 1.89. The Labute approximate surface area is 84.4 Å². The third-order valence-electron chi connectivity index (χ3n) is 2.08. The average Bonchev–Trinajstić information content (AvgIpc) is 2.15. The van der Waals surface area contributed by atoms with Crippen molar-refractivity contribution in [3.05, 3.63) is 17.8 Å². The van der Waals surface area contributed by atoms with Crippen molar-refractivity contribution in [3.63, 3.8) is 0 Å². The highest BCUT2D eigenvalue weighted by Gasteiger charge is 2.08. The van der Waals surface area contributed by atoms with Gasteiger partial charge in [0, 0.05) is 19.3 Å². The zero-order valence-corrected chi connectivity index (χ0v) is 8.70. The van der Waals surface area contributed by atoms with Crippen LogP contribution < -0.4 is 10.6 Å². The third kappa shape index (κ3) is 2.35. The molecule has 4 heteroatoms. The molecule has 3 N–H and O–H groups in total. The molecule has 0 unspecified atom stereocenters. The first kappa shape index (κ1) is 10.8. The SMILES string of the molecule is CCN(CCO)c1ncc(C)cc1N. The van der Waals surface area contributed by atoms with Gasteiger partial charge in [0.1, 0.15) is 0 Å². The molecule has 0 aliphatic heterocycles. The Bertz CT molecular complexity index is 301. The van der Waals surface area contributed by atoms with E-state index in [9.17, 15) is 0 Å². The molecule has 0 aromatic carbocycles. The van der Waals surface area contributed by atoms with Crippen molar-refractivity contribution in [2.45, 2.75) is 13.8 Å². The lowest BCUT2D eigenvalue weighted by Crippen LogP contribution is -2.27. The van der Waals surface area contributed by atoms with Crippen LogP contribution in [0.4, 0.5) is 11.5 Å². The van der Waals surface area contributed by atoms with Crippen molar-refractivity contribution < 1.29 is 5.11 Å². The molecule has 0 aliphatic rings. The van der Waals surface area contributed by atoms with Crippen molar-refractivity contribution in [3.8, 4) is 0 Å². The smallest absolute Gasteiger partial charge is 0.151 e. The van der Waals surface area contributed by atoms with Crippen molar-refractivity contribution >= 4 is 11.5 Å². The predicted molar refractivity (Wildman–Crippen MR) is 58.4 cm³/mol. The van der Waals surface area contributed by atoms with Gasteiger partial charge in [0.25, 0.3) is 0 Å². The third-order valence-corrected chi connectivity index (χ3v) is 2.08. The van der Waals surface area contributed by atoms with E-state index in [1.165, 1.54) is 0 Å². The summed E-state index contributed by atoms with van der Waals surface area (Å²) < 4.78 is 0. The molecule has 0 fully saturated rings. The number of aliphatic hydroxyl groups is 1. The van der Waals surface area contributed by atoms with E-state index in [1.807, 2.05) is 24.8 Å². The molecule has 0 spiro atoms. The van der Waals surface area contributed by atoms with E-state index in [2.05, 4.69) is 4.98 Å². The van der Waals surface area contributed by atoms with Gasteiger partial charge in [-0.05, 0) is 25.5 Å². The minimum absolute atomic E-state index is 0.114. The molecule has 0 amide bonds. The quantitative estimate of drug-likeness (QED) is 0.745. The number of anilines is 2. The van der Waals surface area contributed by atoms with Crippen molar-refractivity contribution in [1.29, 1.82) is 0 Å². The lowest BCUT2D eigenvalue weighted by molar-refractivity contribution is 0.302. The number of aliphatic hydroxyl groups excluding tert-OH is 1. The second-order valence-corrected chi connectivity index (χ2v) is 3.23.